The number of amides is 1. The van der Waals surface area contributed by atoms with Gasteiger partial charge >= 0.3 is 5.97 Å². The van der Waals surface area contributed by atoms with Gasteiger partial charge in [0.05, 0.1) is 12.2 Å². The van der Waals surface area contributed by atoms with Crippen molar-refractivity contribution in [3.8, 4) is 0 Å². The molecule has 0 atom stereocenters. The minimum absolute atomic E-state index is 0.00270. The Balaban J connectivity index is 1.90. The zero-order chi connectivity index (χ0) is 18.4. The van der Waals surface area contributed by atoms with E-state index in [0.717, 1.165) is 17.3 Å². The first-order valence-electron chi connectivity index (χ1n) is 7.21. The van der Waals surface area contributed by atoms with E-state index in [4.69, 9.17) is 16.7 Å². The summed E-state index contributed by atoms with van der Waals surface area (Å²) in [5.74, 6) is -1.29. The van der Waals surface area contributed by atoms with E-state index < -0.39 is 11.5 Å². The summed E-state index contributed by atoms with van der Waals surface area (Å²) in [5.41, 5.74) is 1.02. The summed E-state index contributed by atoms with van der Waals surface area (Å²) in [6.07, 6.45) is -0.205. The number of halogens is 1. The molecule has 1 aromatic heterocycles. The molecule has 0 saturated carbocycles. The molecule has 3 N–H and O–H groups in total. The van der Waals surface area contributed by atoms with Gasteiger partial charge in [-0.1, -0.05) is 29.4 Å². The topological polar surface area (TPSA) is 125 Å². The third-order valence-corrected chi connectivity index (χ3v) is 4.39. The van der Waals surface area contributed by atoms with E-state index in [9.17, 15) is 14.4 Å². The number of carboxylic acid groups (broad SMARTS) is 1. The largest absolute Gasteiger partial charge is 0.481 e. The smallest absolute Gasteiger partial charge is 0.303 e. The Bertz CT molecular complexity index is 856. The molecule has 1 amide bonds. The minimum Gasteiger partial charge on any atom is -0.481 e. The number of rotatable bonds is 7. The van der Waals surface area contributed by atoms with Crippen LogP contribution in [-0.4, -0.2) is 37.9 Å². The molecule has 2 rings (SSSR count). The number of aromatic nitrogens is 3. The lowest BCUT2D eigenvalue weighted by molar-refractivity contribution is -0.137. The van der Waals surface area contributed by atoms with Crippen molar-refractivity contribution in [3.63, 3.8) is 0 Å². The fourth-order valence-corrected chi connectivity index (χ4v) is 2.58. The molecule has 25 heavy (non-hydrogen) atoms. The molecule has 10 heteroatoms. The van der Waals surface area contributed by atoms with E-state index in [2.05, 4.69) is 20.5 Å². The molecule has 0 spiro atoms. The van der Waals surface area contributed by atoms with Crippen LogP contribution in [-0.2, 0) is 16.0 Å². The van der Waals surface area contributed by atoms with E-state index in [1.54, 1.807) is 18.2 Å². The Morgan fingerprint density at radius 2 is 2.12 bits per heavy atom. The number of hydrogen-bond donors (Lipinski definition) is 3. The van der Waals surface area contributed by atoms with Crippen LogP contribution in [0, 0.1) is 6.92 Å². The molecule has 0 unspecified atom stereocenters. The van der Waals surface area contributed by atoms with Crippen molar-refractivity contribution in [1.82, 2.24) is 15.2 Å². The maximum absolute atomic E-state index is 11.9. The SMILES string of the molecule is Cc1ccc(NC(=O)CSc2nnc(CCC(=O)O)c(=O)[nH]2)cc1Cl. The number of nitrogens with zero attached hydrogens (tertiary/aromatic N) is 2. The van der Waals surface area contributed by atoms with Gasteiger partial charge in [-0.25, -0.2) is 0 Å². The summed E-state index contributed by atoms with van der Waals surface area (Å²) in [5, 5.41) is 19.5. The highest BCUT2D eigenvalue weighted by molar-refractivity contribution is 7.99. The summed E-state index contributed by atoms with van der Waals surface area (Å²) in [7, 11) is 0. The molecule has 1 aromatic carbocycles. The van der Waals surface area contributed by atoms with Crippen LogP contribution in [0.2, 0.25) is 5.02 Å². The molecule has 0 aliphatic carbocycles. The van der Waals surface area contributed by atoms with Crippen LogP contribution in [0.4, 0.5) is 5.69 Å². The number of aryl methyl sites for hydroxylation is 2. The summed E-state index contributed by atoms with van der Waals surface area (Å²) in [6, 6.07) is 5.19. The van der Waals surface area contributed by atoms with Crippen LogP contribution in [0.3, 0.4) is 0 Å². The van der Waals surface area contributed by atoms with E-state index >= 15 is 0 Å². The van der Waals surface area contributed by atoms with Crippen molar-refractivity contribution in [1.29, 1.82) is 0 Å². The zero-order valence-corrected chi connectivity index (χ0v) is 14.8. The molecule has 0 bridgehead atoms. The number of thioether (sulfide) groups is 1. The summed E-state index contributed by atoms with van der Waals surface area (Å²) < 4.78 is 0. The van der Waals surface area contributed by atoms with Gasteiger partial charge in [0.2, 0.25) is 5.91 Å². The number of nitrogens with one attached hydrogen (secondary N) is 2. The van der Waals surface area contributed by atoms with Crippen molar-refractivity contribution in [2.45, 2.75) is 24.9 Å². The Hall–Kier alpha value is -2.39. The number of H-pyrrole nitrogens is 1. The number of carbonyl (C=O) groups is 2. The molecular weight excluding hydrogens is 368 g/mol. The molecule has 8 nitrogen and oxygen atoms in total. The third kappa shape index (κ3) is 5.87. The Morgan fingerprint density at radius 1 is 1.36 bits per heavy atom. The number of hydrogen-bond acceptors (Lipinski definition) is 6. The van der Waals surface area contributed by atoms with Crippen LogP contribution >= 0.6 is 23.4 Å². The van der Waals surface area contributed by atoms with Crippen LogP contribution in [0.5, 0.6) is 0 Å². The third-order valence-electron chi connectivity index (χ3n) is 3.12. The van der Waals surface area contributed by atoms with Crippen molar-refractivity contribution >= 4 is 40.9 Å². The van der Waals surface area contributed by atoms with Gasteiger partial charge in [-0.05, 0) is 24.6 Å². The molecule has 0 aliphatic heterocycles. The van der Waals surface area contributed by atoms with Crippen LogP contribution in [0.25, 0.3) is 0 Å². The van der Waals surface area contributed by atoms with Crippen molar-refractivity contribution in [2.75, 3.05) is 11.1 Å². The Kier molecular flexibility index (Phi) is 6.54. The lowest BCUT2D eigenvalue weighted by atomic mass is 10.2. The fourth-order valence-electron chi connectivity index (χ4n) is 1.80. The predicted octanol–water partition coefficient (Wildman–Crippen LogP) is 1.87. The van der Waals surface area contributed by atoms with Crippen molar-refractivity contribution < 1.29 is 14.7 Å². The number of carboxylic acids is 1. The quantitative estimate of drug-likeness (QED) is 0.624. The lowest BCUT2D eigenvalue weighted by Crippen LogP contribution is -2.19. The average molecular weight is 383 g/mol. The Morgan fingerprint density at radius 3 is 2.76 bits per heavy atom. The molecule has 0 radical (unpaired) electrons. The summed E-state index contributed by atoms with van der Waals surface area (Å²) in [6.45, 7) is 1.86. The molecule has 0 aliphatic rings. The first-order valence-corrected chi connectivity index (χ1v) is 8.58. The Labute approximate surface area is 152 Å². The number of anilines is 1. The van der Waals surface area contributed by atoms with Crippen LogP contribution in [0.15, 0.2) is 28.2 Å². The first-order chi connectivity index (χ1) is 11.8. The number of aliphatic carboxylic acids is 1. The van der Waals surface area contributed by atoms with Crippen molar-refractivity contribution in [3.05, 3.63) is 44.8 Å². The van der Waals surface area contributed by atoms with Crippen molar-refractivity contribution in [2.24, 2.45) is 0 Å². The maximum atomic E-state index is 11.9. The average Bonchev–Trinajstić information content (AvgIpc) is 2.55. The lowest BCUT2D eigenvalue weighted by Gasteiger charge is -2.06. The van der Waals surface area contributed by atoms with Crippen LogP contribution < -0.4 is 10.9 Å². The van der Waals surface area contributed by atoms with E-state index in [1.807, 2.05) is 6.92 Å². The fraction of sp³-hybridized carbons (Fsp3) is 0.267. The maximum Gasteiger partial charge on any atom is 0.303 e. The predicted molar refractivity (Wildman–Crippen MR) is 94.2 cm³/mol. The molecule has 2 aromatic rings. The summed E-state index contributed by atoms with van der Waals surface area (Å²) in [4.78, 5) is 36.7. The second-order valence-corrected chi connectivity index (χ2v) is 6.47. The highest BCUT2D eigenvalue weighted by Crippen LogP contribution is 2.20. The summed E-state index contributed by atoms with van der Waals surface area (Å²) >= 11 is 7.01. The first kappa shape index (κ1) is 18.9. The van der Waals surface area contributed by atoms with Gasteiger partial charge in [0, 0.05) is 17.1 Å². The molecule has 0 fully saturated rings. The monoisotopic (exact) mass is 382 g/mol. The normalized spacial score (nSPS) is 10.5. The zero-order valence-electron chi connectivity index (χ0n) is 13.2. The highest BCUT2D eigenvalue weighted by Gasteiger charge is 2.10. The second kappa shape index (κ2) is 8.63. The van der Waals surface area contributed by atoms with Crippen LogP contribution in [0.1, 0.15) is 17.7 Å². The van der Waals surface area contributed by atoms with Gasteiger partial charge in [0.15, 0.2) is 5.16 Å². The van der Waals surface area contributed by atoms with Gasteiger partial charge in [-0.3, -0.25) is 19.4 Å². The molecule has 0 saturated heterocycles. The van der Waals surface area contributed by atoms with Gasteiger partial charge in [0.1, 0.15) is 5.69 Å². The van der Waals surface area contributed by atoms with Gasteiger partial charge in [-0.15, -0.1) is 10.2 Å². The van der Waals surface area contributed by atoms with E-state index in [-0.39, 0.29) is 35.4 Å². The highest BCUT2D eigenvalue weighted by atomic mass is 35.5. The number of benzene rings is 1. The standard InChI is InChI=1S/C15H15ClN4O4S/c1-8-2-3-9(6-10(8)16)17-12(21)7-25-15-18-14(24)11(19-20-15)4-5-13(22)23/h2-3,6H,4-5,7H2,1H3,(H,17,21)(H,22,23)(H,18,20,24). The van der Waals surface area contributed by atoms with E-state index in [0.29, 0.717) is 10.7 Å². The molecule has 132 valence electrons. The number of carbonyl (C=O) groups excluding carboxylic acids is 1. The van der Waals surface area contributed by atoms with Gasteiger partial charge in [-0.2, -0.15) is 0 Å². The molecular formula is C15H15ClN4O4S. The molecule has 1 heterocycles. The second-order valence-electron chi connectivity index (χ2n) is 5.10. The van der Waals surface area contributed by atoms with Gasteiger partial charge in [0.25, 0.3) is 5.56 Å². The minimum atomic E-state index is -1.02. The number of aromatic amines is 1. The van der Waals surface area contributed by atoms with Gasteiger partial charge < -0.3 is 10.4 Å². The van der Waals surface area contributed by atoms with E-state index in [1.165, 1.54) is 0 Å².